The van der Waals surface area contributed by atoms with Gasteiger partial charge < -0.3 is 5.11 Å². The van der Waals surface area contributed by atoms with E-state index in [1.807, 2.05) is 12.1 Å². The molecule has 0 saturated heterocycles. The van der Waals surface area contributed by atoms with Gasteiger partial charge in [-0.2, -0.15) is 0 Å². The molecule has 1 N–H and O–H groups in total. The van der Waals surface area contributed by atoms with Crippen molar-refractivity contribution in [3.05, 3.63) is 82.0 Å². The third-order valence-corrected chi connectivity index (χ3v) is 3.73. The zero-order valence-corrected chi connectivity index (χ0v) is 13.3. The van der Waals surface area contributed by atoms with Crippen LogP contribution in [0.2, 0.25) is 0 Å². The molecule has 0 spiro atoms. The highest BCUT2D eigenvalue weighted by Crippen LogP contribution is 2.22. The number of benzene rings is 2. The van der Waals surface area contributed by atoms with Gasteiger partial charge >= 0.3 is 5.97 Å². The molecule has 0 unspecified atom stereocenters. The summed E-state index contributed by atoms with van der Waals surface area (Å²) >= 11 is 0. The highest BCUT2D eigenvalue weighted by Gasteiger charge is 2.21. The summed E-state index contributed by atoms with van der Waals surface area (Å²) in [6, 6.07) is 16.0. The third kappa shape index (κ3) is 3.46. The number of rotatable bonds is 5. The number of Topliss-reactive ketones (excluding diaryl/α,β-unsaturated/α-hetero) is 1. The fourth-order valence-electron chi connectivity index (χ4n) is 2.45. The molecule has 3 aromatic rings. The molecule has 128 valence electrons. The Morgan fingerprint density at radius 3 is 2.35 bits per heavy atom. The van der Waals surface area contributed by atoms with Gasteiger partial charge in [0.15, 0.2) is 0 Å². The summed E-state index contributed by atoms with van der Waals surface area (Å²) in [6.07, 6.45) is 1.36. The molecule has 26 heavy (non-hydrogen) atoms. The summed E-state index contributed by atoms with van der Waals surface area (Å²) in [6.45, 7) is 0. The number of nitrogens with zero attached hydrogens (tertiary/aromatic N) is 2. The molecule has 3 rings (SSSR count). The van der Waals surface area contributed by atoms with Gasteiger partial charge in [-0.3, -0.25) is 14.9 Å². The predicted octanol–water partition coefficient (Wildman–Crippen LogP) is 3.34. The van der Waals surface area contributed by atoms with E-state index in [0.29, 0.717) is 11.1 Å². The number of ketones is 1. The number of aliphatic carboxylic acids is 1. The van der Waals surface area contributed by atoms with Crippen LogP contribution in [0.5, 0.6) is 0 Å². The van der Waals surface area contributed by atoms with E-state index in [9.17, 15) is 19.7 Å². The average Bonchev–Trinajstić information content (AvgIpc) is 2.65. The van der Waals surface area contributed by atoms with Gasteiger partial charge in [0.2, 0.25) is 0 Å². The lowest BCUT2D eigenvalue weighted by Crippen LogP contribution is -2.15. The summed E-state index contributed by atoms with van der Waals surface area (Å²) in [5.74, 6) is -2.71. The number of para-hydroxylation sites is 1. The molecule has 7 nitrogen and oxygen atoms in total. The smallest absolute Gasteiger partial charge is 0.377 e. The Hall–Kier alpha value is -3.87. The van der Waals surface area contributed by atoms with E-state index in [-0.39, 0.29) is 17.0 Å². The fourth-order valence-corrected chi connectivity index (χ4v) is 2.45. The maximum absolute atomic E-state index is 12.1. The fraction of sp³-hybridized carbons (Fsp3) is 0. The quantitative estimate of drug-likeness (QED) is 0.328. The van der Waals surface area contributed by atoms with Crippen LogP contribution in [0.1, 0.15) is 11.3 Å². The second-order valence-electron chi connectivity index (χ2n) is 5.43. The van der Waals surface area contributed by atoms with E-state index in [1.165, 1.54) is 30.3 Å². The minimum Gasteiger partial charge on any atom is -0.475 e. The van der Waals surface area contributed by atoms with E-state index >= 15 is 0 Å². The van der Waals surface area contributed by atoms with Gasteiger partial charge in [-0.1, -0.05) is 24.3 Å². The highest BCUT2D eigenvalue weighted by atomic mass is 16.6. The average molecular weight is 348 g/mol. The minimum atomic E-state index is -1.60. The van der Waals surface area contributed by atoms with E-state index in [0.717, 1.165) is 5.39 Å². The van der Waals surface area contributed by atoms with Gasteiger partial charge in [-0.25, -0.2) is 9.78 Å². The van der Waals surface area contributed by atoms with Crippen LogP contribution in [-0.2, 0) is 9.59 Å². The summed E-state index contributed by atoms with van der Waals surface area (Å²) in [4.78, 5) is 37.9. The topological polar surface area (TPSA) is 110 Å². The first kappa shape index (κ1) is 17.0. The van der Waals surface area contributed by atoms with E-state index in [1.54, 1.807) is 24.3 Å². The van der Waals surface area contributed by atoms with Crippen LogP contribution in [0.4, 0.5) is 5.69 Å². The summed E-state index contributed by atoms with van der Waals surface area (Å²) in [5, 5.41) is 20.7. The minimum absolute atomic E-state index is 0.0999. The summed E-state index contributed by atoms with van der Waals surface area (Å²) in [7, 11) is 0. The SMILES string of the molecule is O=C(O)C(=O)/C(=C/c1ccc([N+](=O)[O-])cc1)c1ccc2ccccc2n1. The molecule has 0 fully saturated rings. The first-order chi connectivity index (χ1) is 12.5. The monoisotopic (exact) mass is 348 g/mol. The van der Waals surface area contributed by atoms with Crippen molar-refractivity contribution >= 4 is 40.0 Å². The molecule has 0 amide bonds. The van der Waals surface area contributed by atoms with Crippen molar-refractivity contribution in [3.63, 3.8) is 0 Å². The molecule has 0 saturated carbocycles. The number of carbonyl (C=O) groups excluding carboxylic acids is 1. The molecule has 0 bridgehead atoms. The number of aromatic nitrogens is 1. The molecule has 7 heteroatoms. The number of carbonyl (C=O) groups is 2. The number of fused-ring (bicyclic) bond motifs is 1. The van der Waals surface area contributed by atoms with E-state index < -0.39 is 16.7 Å². The Balaban J connectivity index is 2.10. The lowest BCUT2D eigenvalue weighted by atomic mass is 10.0. The van der Waals surface area contributed by atoms with E-state index in [4.69, 9.17) is 5.11 Å². The van der Waals surface area contributed by atoms with Crippen molar-refractivity contribution in [2.75, 3.05) is 0 Å². The van der Waals surface area contributed by atoms with Gasteiger partial charge in [0.05, 0.1) is 21.7 Å². The normalized spacial score (nSPS) is 11.3. The Labute approximate surface area is 147 Å². The van der Waals surface area contributed by atoms with Crippen LogP contribution in [0.25, 0.3) is 22.6 Å². The summed E-state index contributed by atoms with van der Waals surface area (Å²) in [5.41, 5.74) is 1.09. The Morgan fingerprint density at radius 1 is 1.00 bits per heavy atom. The molecule has 2 aromatic carbocycles. The number of non-ortho nitro benzene ring substituents is 1. The molecule has 0 aliphatic rings. The maximum Gasteiger partial charge on any atom is 0.377 e. The van der Waals surface area contributed by atoms with Gasteiger partial charge in [0.1, 0.15) is 0 Å². The number of nitro groups is 1. The van der Waals surface area contributed by atoms with Gasteiger partial charge in [0.25, 0.3) is 11.5 Å². The van der Waals surface area contributed by atoms with Crippen LogP contribution >= 0.6 is 0 Å². The Bertz CT molecular complexity index is 1050. The van der Waals surface area contributed by atoms with Crippen molar-refractivity contribution in [2.24, 2.45) is 0 Å². The third-order valence-electron chi connectivity index (χ3n) is 3.73. The number of hydrogen-bond donors (Lipinski definition) is 1. The van der Waals surface area contributed by atoms with Crippen molar-refractivity contribution in [1.29, 1.82) is 0 Å². The van der Waals surface area contributed by atoms with Crippen LogP contribution in [0, 0.1) is 10.1 Å². The van der Waals surface area contributed by atoms with Gasteiger partial charge in [-0.05, 0) is 35.9 Å². The second kappa shape index (κ2) is 6.94. The number of carboxylic acids is 1. The number of hydrogen-bond acceptors (Lipinski definition) is 5. The lowest BCUT2D eigenvalue weighted by molar-refractivity contribution is -0.384. The van der Waals surface area contributed by atoms with Crippen LogP contribution in [0.3, 0.4) is 0 Å². The van der Waals surface area contributed by atoms with Crippen molar-refractivity contribution < 1.29 is 19.6 Å². The predicted molar refractivity (Wildman–Crippen MR) is 95.4 cm³/mol. The highest BCUT2D eigenvalue weighted by molar-refractivity contribution is 6.52. The standard InChI is InChI=1S/C19H12N2O5/c22-18(19(23)24)15(11-12-5-8-14(9-6-12)21(25)26)17-10-7-13-3-1-2-4-16(13)20-17/h1-11H,(H,23,24)/b15-11+. The number of nitro benzene ring substituents is 1. The molecular formula is C19H12N2O5. The zero-order chi connectivity index (χ0) is 18.7. The molecular weight excluding hydrogens is 336 g/mol. The summed E-state index contributed by atoms with van der Waals surface area (Å²) < 4.78 is 0. The second-order valence-corrected chi connectivity index (χ2v) is 5.43. The van der Waals surface area contributed by atoms with Gasteiger partial charge in [0, 0.05) is 17.5 Å². The number of pyridine rings is 1. The van der Waals surface area contributed by atoms with E-state index in [2.05, 4.69) is 4.98 Å². The Kier molecular flexibility index (Phi) is 4.53. The maximum atomic E-state index is 12.1. The largest absolute Gasteiger partial charge is 0.475 e. The van der Waals surface area contributed by atoms with Crippen LogP contribution < -0.4 is 0 Å². The molecule has 0 atom stereocenters. The zero-order valence-electron chi connectivity index (χ0n) is 13.3. The van der Waals surface area contributed by atoms with Crippen LogP contribution in [0.15, 0.2) is 60.7 Å². The molecule has 1 heterocycles. The first-order valence-electron chi connectivity index (χ1n) is 7.55. The molecule has 0 radical (unpaired) electrons. The Morgan fingerprint density at radius 2 is 1.69 bits per heavy atom. The van der Waals surface area contributed by atoms with Crippen LogP contribution in [-0.4, -0.2) is 26.8 Å². The molecule has 0 aliphatic carbocycles. The first-order valence-corrected chi connectivity index (χ1v) is 7.55. The van der Waals surface area contributed by atoms with Crippen molar-refractivity contribution in [1.82, 2.24) is 4.98 Å². The lowest BCUT2D eigenvalue weighted by Gasteiger charge is -2.06. The van der Waals surface area contributed by atoms with Gasteiger partial charge in [-0.15, -0.1) is 0 Å². The van der Waals surface area contributed by atoms with Crippen molar-refractivity contribution in [3.8, 4) is 0 Å². The van der Waals surface area contributed by atoms with Crippen molar-refractivity contribution in [2.45, 2.75) is 0 Å². The molecule has 1 aromatic heterocycles. The number of carboxylic acid groups (broad SMARTS) is 1. The molecule has 0 aliphatic heterocycles.